The van der Waals surface area contributed by atoms with Gasteiger partial charge in [-0.25, -0.2) is 8.42 Å². The van der Waals surface area contributed by atoms with Crippen LogP contribution in [0.4, 0.5) is 0 Å². The minimum Gasteiger partial charge on any atom is -0.454 e. The third-order valence-electron chi connectivity index (χ3n) is 5.93. The maximum absolute atomic E-state index is 13.1. The van der Waals surface area contributed by atoms with Crippen molar-refractivity contribution in [2.24, 2.45) is 0 Å². The van der Waals surface area contributed by atoms with Crippen LogP contribution in [0.5, 0.6) is 0 Å². The van der Waals surface area contributed by atoms with Gasteiger partial charge in [-0.05, 0) is 55.0 Å². The van der Waals surface area contributed by atoms with E-state index in [0.29, 0.717) is 42.1 Å². The molecule has 0 radical (unpaired) electrons. The minimum absolute atomic E-state index is 0.0200. The molecule has 0 saturated carbocycles. The fourth-order valence-corrected chi connectivity index (χ4v) is 4.81. The summed E-state index contributed by atoms with van der Waals surface area (Å²) in [5, 5.41) is 0. The van der Waals surface area contributed by atoms with Crippen molar-refractivity contribution in [2.45, 2.75) is 17.9 Å². The van der Waals surface area contributed by atoms with Crippen molar-refractivity contribution in [1.29, 1.82) is 0 Å². The molecule has 0 bridgehead atoms. The number of amides is 1. The van der Waals surface area contributed by atoms with Crippen LogP contribution in [0.2, 0.25) is 0 Å². The minimum atomic E-state index is -3.27. The lowest BCUT2D eigenvalue weighted by atomic mass is 10.0. The maximum atomic E-state index is 13.1. The van der Waals surface area contributed by atoms with E-state index in [0.717, 1.165) is 16.7 Å². The van der Waals surface area contributed by atoms with Crippen LogP contribution in [0.1, 0.15) is 17.3 Å². The topological polar surface area (TPSA) is 89.7 Å². The highest BCUT2D eigenvalue weighted by Crippen LogP contribution is 2.34. The average Bonchev–Trinajstić information content (AvgIpc) is 3.28. The highest BCUT2D eigenvalue weighted by atomic mass is 32.2. The molecular formula is C26H24N2O5S. The Kier molecular flexibility index (Phi) is 5.71. The van der Waals surface area contributed by atoms with Crippen LogP contribution in [0.3, 0.4) is 0 Å². The number of morpholine rings is 1. The van der Waals surface area contributed by atoms with Gasteiger partial charge in [0, 0.05) is 48.3 Å². The molecular weight excluding hydrogens is 452 g/mol. The van der Waals surface area contributed by atoms with Crippen LogP contribution in [0.15, 0.2) is 76.2 Å². The lowest BCUT2D eigenvalue weighted by Gasteiger charge is -2.31. The fraction of sp³-hybridized carbons (Fsp3) is 0.231. The fourth-order valence-electron chi connectivity index (χ4n) is 4.18. The van der Waals surface area contributed by atoms with Gasteiger partial charge in [0.05, 0.1) is 17.6 Å². The Morgan fingerprint density at radius 3 is 2.59 bits per heavy atom. The monoisotopic (exact) mass is 476 g/mol. The lowest BCUT2D eigenvalue weighted by Crippen LogP contribution is -2.44. The van der Waals surface area contributed by atoms with E-state index in [-0.39, 0.29) is 16.9 Å². The van der Waals surface area contributed by atoms with Crippen LogP contribution < -0.4 is 0 Å². The zero-order chi connectivity index (χ0) is 23.9. The number of benzene rings is 2. The molecule has 8 heteroatoms. The highest BCUT2D eigenvalue weighted by Gasteiger charge is 2.23. The molecule has 7 nitrogen and oxygen atoms in total. The number of carbonyl (C=O) groups is 1. The number of ether oxygens (including phenoxy) is 1. The summed E-state index contributed by atoms with van der Waals surface area (Å²) in [6.07, 6.45) is 2.91. The zero-order valence-electron chi connectivity index (χ0n) is 18.9. The van der Waals surface area contributed by atoms with Crippen molar-refractivity contribution in [2.75, 3.05) is 26.0 Å². The summed E-state index contributed by atoms with van der Waals surface area (Å²) in [4.78, 5) is 19.6. The Morgan fingerprint density at radius 2 is 1.85 bits per heavy atom. The predicted octanol–water partition coefficient (Wildman–Crippen LogP) is 4.43. The molecule has 4 aromatic rings. The molecule has 0 aliphatic carbocycles. The van der Waals surface area contributed by atoms with Crippen LogP contribution in [0.25, 0.3) is 33.6 Å². The summed E-state index contributed by atoms with van der Waals surface area (Å²) in [6.45, 7) is 3.65. The second kappa shape index (κ2) is 8.70. The quantitative estimate of drug-likeness (QED) is 0.433. The summed E-state index contributed by atoms with van der Waals surface area (Å²) in [5.41, 5.74) is 4.33. The number of hydrogen-bond donors (Lipinski definition) is 0. The molecule has 1 atom stereocenters. The first-order chi connectivity index (χ1) is 16.3. The van der Waals surface area contributed by atoms with E-state index in [4.69, 9.17) is 9.15 Å². The van der Waals surface area contributed by atoms with Crippen molar-refractivity contribution in [3.05, 3.63) is 72.4 Å². The van der Waals surface area contributed by atoms with Crippen LogP contribution in [0, 0.1) is 0 Å². The second-order valence-electron chi connectivity index (χ2n) is 8.49. The summed E-state index contributed by atoms with van der Waals surface area (Å²) in [6, 6.07) is 17.8. The Balaban J connectivity index is 1.50. The molecule has 1 amide bonds. The molecule has 1 aliphatic heterocycles. The van der Waals surface area contributed by atoms with Crippen molar-refractivity contribution in [1.82, 2.24) is 9.88 Å². The molecule has 174 valence electrons. The number of carbonyl (C=O) groups excluding carboxylic acids is 1. The van der Waals surface area contributed by atoms with Gasteiger partial charge in [0.1, 0.15) is 11.3 Å². The molecule has 0 N–H and O–H groups in total. The van der Waals surface area contributed by atoms with Crippen LogP contribution >= 0.6 is 0 Å². The molecule has 2 aromatic carbocycles. The van der Waals surface area contributed by atoms with E-state index in [9.17, 15) is 13.2 Å². The third kappa shape index (κ3) is 4.34. The van der Waals surface area contributed by atoms with Gasteiger partial charge >= 0.3 is 0 Å². The molecule has 1 saturated heterocycles. The van der Waals surface area contributed by atoms with E-state index in [1.165, 1.54) is 6.26 Å². The first-order valence-corrected chi connectivity index (χ1v) is 12.9. The molecule has 5 rings (SSSR count). The predicted molar refractivity (Wildman–Crippen MR) is 129 cm³/mol. The van der Waals surface area contributed by atoms with Gasteiger partial charge in [0.15, 0.2) is 15.4 Å². The Labute approximate surface area is 197 Å². The van der Waals surface area contributed by atoms with Crippen molar-refractivity contribution < 1.29 is 22.4 Å². The van der Waals surface area contributed by atoms with Gasteiger partial charge in [-0.1, -0.05) is 12.1 Å². The van der Waals surface area contributed by atoms with Gasteiger partial charge in [0.25, 0.3) is 5.91 Å². The number of sulfone groups is 1. The largest absolute Gasteiger partial charge is 0.454 e. The number of aromatic nitrogens is 1. The van der Waals surface area contributed by atoms with Gasteiger partial charge in [-0.15, -0.1) is 0 Å². The Hall–Kier alpha value is -3.49. The van der Waals surface area contributed by atoms with E-state index >= 15 is 0 Å². The average molecular weight is 477 g/mol. The third-order valence-corrected chi connectivity index (χ3v) is 7.06. The van der Waals surface area contributed by atoms with Gasteiger partial charge in [-0.2, -0.15) is 0 Å². The van der Waals surface area contributed by atoms with E-state index in [1.54, 1.807) is 30.5 Å². The number of furan rings is 1. The SMILES string of the molecule is CC1CN(C(=O)c2cccc(-c3ccnc4cc(-c5ccc(S(C)(=O)=O)cc5)oc34)c2)CCO1. The summed E-state index contributed by atoms with van der Waals surface area (Å²) >= 11 is 0. The molecule has 1 fully saturated rings. The summed E-state index contributed by atoms with van der Waals surface area (Å²) < 4.78 is 35.2. The first-order valence-electron chi connectivity index (χ1n) is 11.0. The Morgan fingerprint density at radius 1 is 1.06 bits per heavy atom. The van der Waals surface area contributed by atoms with Gasteiger partial charge < -0.3 is 14.1 Å². The van der Waals surface area contributed by atoms with Gasteiger partial charge in [-0.3, -0.25) is 9.78 Å². The smallest absolute Gasteiger partial charge is 0.254 e. The molecule has 1 unspecified atom stereocenters. The van der Waals surface area contributed by atoms with E-state index < -0.39 is 9.84 Å². The van der Waals surface area contributed by atoms with Crippen molar-refractivity contribution in [3.63, 3.8) is 0 Å². The first kappa shape index (κ1) is 22.3. The number of hydrogen-bond acceptors (Lipinski definition) is 6. The van der Waals surface area contributed by atoms with Crippen molar-refractivity contribution in [3.8, 4) is 22.5 Å². The highest BCUT2D eigenvalue weighted by molar-refractivity contribution is 7.90. The summed E-state index contributed by atoms with van der Waals surface area (Å²) in [5.74, 6) is 0.568. The number of pyridine rings is 1. The lowest BCUT2D eigenvalue weighted by molar-refractivity contribution is -0.0124. The molecule has 34 heavy (non-hydrogen) atoms. The Bertz CT molecular complexity index is 1470. The standard InChI is InChI=1S/C26H24N2O5S/c1-17-16-28(12-13-32-17)26(29)20-5-3-4-19(14-20)22-10-11-27-23-15-24(33-25(22)23)18-6-8-21(9-7-18)34(2,30)31/h3-11,14-15,17H,12-13,16H2,1-2H3. The maximum Gasteiger partial charge on any atom is 0.254 e. The van der Waals surface area contributed by atoms with Gasteiger partial charge in [0.2, 0.25) is 0 Å². The number of rotatable bonds is 4. The van der Waals surface area contributed by atoms with Crippen LogP contribution in [-0.2, 0) is 14.6 Å². The van der Waals surface area contributed by atoms with Crippen LogP contribution in [-0.4, -0.2) is 56.3 Å². The molecule has 3 heterocycles. The van der Waals surface area contributed by atoms with E-state index in [2.05, 4.69) is 4.98 Å². The number of fused-ring (bicyclic) bond motifs is 1. The van der Waals surface area contributed by atoms with E-state index in [1.807, 2.05) is 48.2 Å². The number of nitrogens with zero attached hydrogens (tertiary/aromatic N) is 2. The zero-order valence-corrected chi connectivity index (χ0v) is 19.7. The second-order valence-corrected chi connectivity index (χ2v) is 10.5. The summed E-state index contributed by atoms with van der Waals surface area (Å²) in [7, 11) is -3.27. The molecule has 2 aromatic heterocycles. The van der Waals surface area contributed by atoms with Crippen molar-refractivity contribution >= 4 is 26.8 Å². The molecule has 0 spiro atoms. The molecule has 1 aliphatic rings. The normalized spacial score (nSPS) is 16.6.